The second-order valence-corrected chi connectivity index (χ2v) is 1.97. The highest BCUT2D eigenvalue weighted by Gasteiger charge is 1.88. The number of hydrogen-bond donors (Lipinski definition) is 0. The molecule has 0 bridgehead atoms. The molecule has 0 aliphatic rings. The number of hydrogen-bond acceptors (Lipinski definition) is 0. The topological polar surface area (TPSA) is 0 Å². The Hall–Kier alpha value is -0.780. The van der Waals surface area contributed by atoms with Gasteiger partial charge in [-0.2, -0.15) is 0 Å². The lowest BCUT2D eigenvalue weighted by molar-refractivity contribution is 1.12. The minimum atomic E-state index is 1.04. The van der Waals surface area contributed by atoms with E-state index in [9.17, 15) is 0 Å². The maximum absolute atomic E-state index is 3.70. The smallest absolute Gasteiger partial charge is 0.0305 e. The number of allylic oxidation sites excluding steroid dienone is 4. The van der Waals surface area contributed by atoms with Gasteiger partial charge in [-0.3, -0.25) is 0 Å². The Morgan fingerprint density at radius 1 is 1.33 bits per heavy atom. The van der Waals surface area contributed by atoms with Gasteiger partial charge in [0.1, 0.15) is 0 Å². The van der Waals surface area contributed by atoms with E-state index in [0.29, 0.717) is 0 Å². The molecule has 0 N–H and O–H groups in total. The first-order chi connectivity index (χ1) is 4.26. The Labute approximate surface area is 57.6 Å². The summed E-state index contributed by atoms with van der Waals surface area (Å²) in [5.74, 6) is 0. The Morgan fingerprint density at radius 2 is 1.89 bits per heavy atom. The molecule has 0 heterocycles. The van der Waals surface area contributed by atoms with E-state index in [1.807, 2.05) is 19.1 Å². The van der Waals surface area contributed by atoms with Crippen LogP contribution in [-0.2, 0) is 0 Å². The first kappa shape index (κ1) is 8.22. The van der Waals surface area contributed by atoms with Gasteiger partial charge in [0.2, 0.25) is 0 Å². The Kier molecular flexibility index (Phi) is 3.78. The van der Waals surface area contributed by atoms with E-state index < -0.39 is 0 Å². The maximum atomic E-state index is 3.70. The first-order valence-electron chi connectivity index (χ1n) is 3.20. The van der Waals surface area contributed by atoms with E-state index in [1.54, 1.807) is 0 Å². The standard InChI is InChI=1S/C9H14/c1-5-8(4)9(6-2)7-3/h5-6H,1-2,7H2,3-4H3/b9-8-. The van der Waals surface area contributed by atoms with Crippen LogP contribution in [0.25, 0.3) is 0 Å². The van der Waals surface area contributed by atoms with Crippen LogP contribution in [0.15, 0.2) is 36.5 Å². The third-order valence-electron chi connectivity index (χ3n) is 1.44. The zero-order valence-electron chi connectivity index (χ0n) is 6.28. The van der Waals surface area contributed by atoms with Crippen LogP contribution in [0.1, 0.15) is 20.3 Å². The molecule has 0 spiro atoms. The van der Waals surface area contributed by atoms with E-state index in [2.05, 4.69) is 20.1 Å². The molecular weight excluding hydrogens is 108 g/mol. The normalized spacial score (nSPS) is 12.2. The molecule has 9 heavy (non-hydrogen) atoms. The van der Waals surface area contributed by atoms with Gasteiger partial charge in [0, 0.05) is 0 Å². The lowest BCUT2D eigenvalue weighted by atomic mass is 10.1. The van der Waals surface area contributed by atoms with Crippen LogP contribution in [0, 0.1) is 0 Å². The Balaban J connectivity index is 4.36. The average molecular weight is 122 g/mol. The summed E-state index contributed by atoms with van der Waals surface area (Å²) in [5, 5.41) is 0. The van der Waals surface area contributed by atoms with Crippen LogP contribution >= 0.6 is 0 Å². The zero-order valence-corrected chi connectivity index (χ0v) is 6.28. The minimum absolute atomic E-state index is 1.04. The molecule has 0 nitrogen and oxygen atoms in total. The molecule has 0 aromatic rings. The van der Waals surface area contributed by atoms with Gasteiger partial charge in [0.05, 0.1) is 0 Å². The van der Waals surface area contributed by atoms with Gasteiger partial charge in [-0.15, -0.1) is 0 Å². The molecule has 0 heteroatoms. The van der Waals surface area contributed by atoms with Gasteiger partial charge in [0.25, 0.3) is 0 Å². The summed E-state index contributed by atoms with van der Waals surface area (Å²) < 4.78 is 0. The van der Waals surface area contributed by atoms with E-state index in [0.717, 1.165) is 6.42 Å². The lowest BCUT2D eigenvalue weighted by Gasteiger charge is -1.98. The van der Waals surface area contributed by atoms with Crippen molar-refractivity contribution < 1.29 is 0 Å². The van der Waals surface area contributed by atoms with Crippen molar-refractivity contribution in [2.75, 3.05) is 0 Å². The second kappa shape index (κ2) is 4.13. The van der Waals surface area contributed by atoms with Crippen LogP contribution in [0.4, 0.5) is 0 Å². The fourth-order valence-electron chi connectivity index (χ4n) is 0.715. The van der Waals surface area contributed by atoms with Gasteiger partial charge in [0.15, 0.2) is 0 Å². The van der Waals surface area contributed by atoms with E-state index in [-0.39, 0.29) is 0 Å². The molecule has 0 aromatic heterocycles. The van der Waals surface area contributed by atoms with Gasteiger partial charge in [-0.1, -0.05) is 32.2 Å². The van der Waals surface area contributed by atoms with Crippen LogP contribution in [0.3, 0.4) is 0 Å². The van der Waals surface area contributed by atoms with Crippen molar-refractivity contribution in [2.24, 2.45) is 0 Å². The predicted octanol–water partition coefficient (Wildman–Crippen LogP) is 3.08. The SMILES string of the molecule is C=C/C(C)=C(/C=C)CC. The van der Waals surface area contributed by atoms with Gasteiger partial charge in [-0.05, 0) is 24.5 Å². The summed E-state index contributed by atoms with van der Waals surface area (Å²) in [6.07, 6.45) is 4.79. The predicted molar refractivity (Wildman–Crippen MR) is 43.4 cm³/mol. The fourth-order valence-corrected chi connectivity index (χ4v) is 0.715. The molecule has 0 aliphatic carbocycles. The van der Waals surface area contributed by atoms with E-state index in [1.165, 1.54) is 11.1 Å². The highest BCUT2D eigenvalue weighted by atomic mass is 13.9. The molecule has 0 fully saturated rings. The van der Waals surface area contributed by atoms with Crippen molar-refractivity contribution in [1.29, 1.82) is 0 Å². The Bertz CT molecular complexity index is 138. The molecule has 0 amide bonds. The van der Waals surface area contributed by atoms with Gasteiger partial charge < -0.3 is 0 Å². The molecule has 0 rings (SSSR count). The summed E-state index contributed by atoms with van der Waals surface area (Å²) in [7, 11) is 0. The zero-order chi connectivity index (χ0) is 7.28. The quantitative estimate of drug-likeness (QED) is 0.504. The molecular formula is C9H14. The van der Waals surface area contributed by atoms with Gasteiger partial charge in [-0.25, -0.2) is 0 Å². The van der Waals surface area contributed by atoms with E-state index >= 15 is 0 Å². The molecule has 0 aromatic carbocycles. The molecule has 0 unspecified atom stereocenters. The van der Waals surface area contributed by atoms with Crippen molar-refractivity contribution in [3.8, 4) is 0 Å². The van der Waals surface area contributed by atoms with E-state index in [4.69, 9.17) is 0 Å². The first-order valence-corrected chi connectivity index (χ1v) is 3.20. The van der Waals surface area contributed by atoms with Crippen LogP contribution in [0.2, 0.25) is 0 Å². The second-order valence-electron chi connectivity index (χ2n) is 1.97. The highest BCUT2D eigenvalue weighted by molar-refractivity contribution is 5.28. The monoisotopic (exact) mass is 122 g/mol. The fraction of sp³-hybridized carbons (Fsp3) is 0.333. The lowest BCUT2D eigenvalue weighted by Crippen LogP contribution is -1.77. The van der Waals surface area contributed by atoms with Crippen molar-refractivity contribution in [3.05, 3.63) is 36.5 Å². The minimum Gasteiger partial charge on any atom is -0.0988 e. The van der Waals surface area contributed by atoms with Crippen LogP contribution in [0.5, 0.6) is 0 Å². The largest absolute Gasteiger partial charge is 0.0988 e. The third-order valence-corrected chi connectivity index (χ3v) is 1.44. The van der Waals surface area contributed by atoms with Crippen molar-refractivity contribution >= 4 is 0 Å². The summed E-state index contributed by atoms with van der Waals surface area (Å²) in [5.41, 5.74) is 2.51. The Morgan fingerprint density at radius 3 is 2.00 bits per heavy atom. The molecule has 0 saturated carbocycles. The molecule has 50 valence electrons. The molecule has 0 atom stereocenters. The highest BCUT2D eigenvalue weighted by Crippen LogP contribution is 2.08. The third kappa shape index (κ3) is 2.31. The molecule has 0 aliphatic heterocycles. The average Bonchev–Trinajstić information content (AvgIpc) is 1.90. The van der Waals surface area contributed by atoms with Crippen LogP contribution in [-0.4, -0.2) is 0 Å². The van der Waals surface area contributed by atoms with Crippen molar-refractivity contribution in [2.45, 2.75) is 20.3 Å². The van der Waals surface area contributed by atoms with Gasteiger partial charge >= 0.3 is 0 Å². The summed E-state index contributed by atoms with van der Waals surface area (Å²) >= 11 is 0. The summed E-state index contributed by atoms with van der Waals surface area (Å²) in [4.78, 5) is 0. The molecule has 0 saturated heterocycles. The van der Waals surface area contributed by atoms with Crippen molar-refractivity contribution in [3.63, 3.8) is 0 Å². The number of rotatable bonds is 3. The molecule has 0 radical (unpaired) electrons. The van der Waals surface area contributed by atoms with Crippen molar-refractivity contribution in [1.82, 2.24) is 0 Å². The maximum Gasteiger partial charge on any atom is -0.0305 e. The summed E-state index contributed by atoms with van der Waals surface area (Å²) in [6.45, 7) is 11.5. The summed E-state index contributed by atoms with van der Waals surface area (Å²) in [6, 6.07) is 0. The van der Waals surface area contributed by atoms with Crippen LogP contribution < -0.4 is 0 Å².